The number of hydrogen-bond donors (Lipinski definition) is 0. The first-order valence-corrected chi connectivity index (χ1v) is 6.78. The van der Waals surface area contributed by atoms with E-state index in [1.165, 1.54) is 12.1 Å². The summed E-state index contributed by atoms with van der Waals surface area (Å²) in [5.74, 6) is -0.812. The molecule has 2 aromatic rings. The van der Waals surface area contributed by atoms with Crippen LogP contribution in [0.1, 0.15) is 22.1 Å². The van der Waals surface area contributed by atoms with Crippen LogP contribution in [0.2, 0.25) is 0 Å². The lowest BCUT2D eigenvalue weighted by Crippen LogP contribution is -2.32. The molecule has 0 radical (unpaired) electrons. The van der Waals surface area contributed by atoms with E-state index in [0.717, 1.165) is 5.69 Å². The average Bonchev–Trinajstić information content (AvgIpc) is 3.12. The van der Waals surface area contributed by atoms with Gasteiger partial charge in [-0.05, 0) is 12.1 Å². The topological polar surface area (TPSA) is 60.3 Å². The molecule has 0 saturated carbocycles. The molecule has 1 amide bonds. The Morgan fingerprint density at radius 2 is 2.19 bits per heavy atom. The Labute approximate surface area is 120 Å². The van der Waals surface area contributed by atoms with Crippen molar-refractivity contribution in [3.05, 3.63) is 47.5 Å². The third-order valence-electron chi connectivity index (χ3n) is 4.04. The summed E-state index contributed by atoms with van der Waals surface area (Å²) >= 11 is 0. The number of fused-ring (bicyclic) bond motifs is 3. The zero-order chi connectivity index (χ0) is 14.4. The highest BCUT2D eigenvalue weighted by Crippen LogP contribution is 2.31. The zero-order valence-electron chi connectivity index (χ0n) is 11.1. The fourth-order valence-corrected chi connectivity index (χ4v) is 2.97. The van der Waals surface area contributed by atoms with Crippen molar-refractivity contribution in [3.63, 3.8) is 0 Å². The molecular weight excluding hydrogens is 275 g/mol. The molecule has 7 heteroatoms. The molecule has 6 nitrogen and oxygen atoms in total. The first kappa shape index (κ1) is 12.5. The van der Waals surface area contributed by atoms with E-state index in [2.05, 4.69) is 10.3 Å². The molecule has 0 aliphatic carbocycles. The van der Waals surface area contributed by atoms with E-state index in [0.29, 0.717) is 19.7 Å². The van der Waals surface area contributed by atoms with Crippen LogP contribution in [0.5, 0.6) is 0 Å². The normalized spacial score (nSPS) is 23.8. The first-order valence-electron chi connectivity index (χ1n) is 6.78. The van der Waals surface area contributed by atoms with Gasteiger partial charge in [0.25, 0.3) is 5.91 Å². The minimum Gasteiger partial charge on any atom is -0.368 e. The average molecular weight is 288 g/mol. The third kappa shape index (κ3) is 1.92. The standard InChI is InChI=1S/C14H13FN4O2/c15-11-4-2-1-3-10(11)14(20)18-6-12-13(7-18)21-8-9-5-16-17-19(9)12/h1-5,12-13H,6-8H2/t12-,13-/m1/s1. The number of carbonyl (C=O) groups is 1. The number of amides is 1. The molecule has 2 aliphatic rings. The molecule has 0 unspecified atom stereocenters. The molecule has 0 spiro atoms. The summed E-state index contributed by atoms with van der Waals surface area (Å²) in [5, 5.41) is 7.93. The lowest BCUT2D eigenvalue weighted by atomic mass is 10.2. The highest BCUT2D eigenvalue weighted by Gasteiger charge is 2.41. The van der Waals surface area contributed by atoms with Crippen molar-refractivity contribution in [1.82, 2.24) is 19.9 Å². The zero-order valence-corrected chi connectivity index (χ0v) is 11.1. The number of rotatable bonds is 1. The highest BCUT2D eigenvalue weighted by atomic mass is 19.1. The molecule has 3 heterocycles. The third-order valence-corrected chi connectivity index (χ3v) is 4.04. The summed E-state index contributed by atoms with van der Waals surface area (Å²) in [6.45, 7) is 1.33. The number of aromatic nitrogens is 3. The highest BCUT2D eigenvalue weighted by molar-refractivity contribution is 5.94. The Kier molecular flexibility index (Phi) is 2.75. The summed E-state index contributed by atoms with van der Waals surface area (Å²) < 4.78 is 21.3. The van der Waals surface area contributed by atoms with Crippen molar-refractivity contribution in [1.29, 1.82) is 0 Å². The van der Waals surface area contributed by atoms with Gasteiger partial charge in [0, 0.05) is 13.1 Å². The van der Waals surface area contributed by atoms with Crippen molar-refractivity contribution < 1.29 is 13.9 Å². The maximum absolute atomic E-state index is 13.7. The fourth-order valence-electron chi connectivity index (χ4n) is 2.97. The van der Waals surface area contributed by atoms with Gasteiger partial charge in [-0.15, -0.1) is 5.10 Å². The van der Waals surface area contributed by atoms with Gasteiger partial charge in [-0.1, -0.05) is 17.3 Å². The lowest BCUT2D eigenvalue weighted by molar-refractivity contribution is -0.00489. The van der Waals surface area contributed by atoms with E-state index in [1.54, 1.807) is 23.2 Å². The van der Waals surface area contributed by atoms with Crippen LogP contribution in [0.3, 0.4) is 0 Å². The molecule has 1 fully saturated rings. The number of hydrogen-bond acceptors (Lipinski definition) is 4. The summed E-state index contributed by atoms with van der Waals surface area (Å²) in [6.07, 6.45) is 1.55. The number of nitrogens with zero attached hydrogens (tertiary/aromatic N) is 4. The second-order valence-corrected chi connectivity index (χ2v) is 5.28. The van der Waals surface area contributed by atoms with Gasteiger partial charge in [0.2, 0.25) is 0 Å². The van der Waals surface area contributed by atoms with Crippen LogP contribution in [-0.2, 0) is 11.3 Å². The number of halogens is 1. The van der Waals surface area contributed by atoms with Crippen LogP contribution in [0.4, 0.5) is 4.39 Å². The van der Waals surface area contributed by atoms with E-state index in [-0.39, 0.29) is 23.6 Å². The fraction of sp³-hybridized carbons (Fsp3) is 0.357. The van der Waals surface area contributed by atoms with Gasteiger partial charge in [-0.25, -0.2) is 9.07 Å². The Balaban J connectivity index is 1.60. The molecule has 108 valence electrons. The summed E-state index contributed by atoms with van der Waals surface area (Å²) in [5.41, 5.74) is 0.992. The number of likely N-dealkylation sites (tertiary alicyclic amines) is 1. The number of ether oxygens (including phenoxy) is 1. The monoisotopic (exact) mass is 288 g/mol. The van der Waals surface area contributed by atoms with Crippen molar-refractivity contribution >= 4 is 5.91 Å². The largest absolute Gasteiger partial charge is 0.368 e. The quantitative estimate of drug-likeness (QED) is 0.786. The van der Waals surface area contributed by atoms with Crippen LogP contribution in [-0.4, -0.2) is 45.0 Å². The van der Waals surface area contributed by atoms with Crippen molar-refractivity contribution in [2.45, 2.75) is 18.8 Å². The van der Waals surface area contributed by atoms with Crippen LogP contribution in [0.15, 0.2) is 30.5 Å². The molecule has 4 rings (SSSR count). The smallest absolute Gasteiger partial charge is 0.256 e. The van der Waals surface area contributed by atoms with E-state index >= 15 is 0 Å². The molecule has 2 aliphatic heterocycles. The van der Waals surface area contributed by atoms with Crippen LogP contribution in [0.25, 0.3) is 0 Å². The predicted molar refractivity (Wildman–Crippen MR) is 69.9 cm³/mol. The molecule has 1 aromatic heterocycles. The summed E-state index contributed by atoms with van der Waals surface area (Å²) in [7, 11) is 0. The van der Waals surface area contributed by atoms with E-state index in [1.807, 2.05) is 4.68 Å². The molecular formula is C14H13FN4O2. The van der Waals surface area contributed by atoms with Gasteiger partial charge >= 0.3 is 0 Å². The lowest BCUT2D eigenvalue weighted by Gasteiger charge is -2.25. The van der Waals surface area contributed by atoms with Gasteiger partial charge in [-0.3, -0.25) is 4.79 Å². The minimum absolute atomic E-state index is 0.0491. The van der Waals surface area contributed by atoms with Crippen molar-refractivity contribution in [2.75, 3.05) is 13.1 Å². The van der Waals surface area contributed by atoms with E-state index < -0.39 is 5.82 Å². The van der Waals surface area contributed by atoms with E-state index in [4.69, 9.17) is 4.74 Å². The SMILES string of the molecule is O=C(c1ccccc1F)N1C[C@@H]2[C@@H](C1)OCc1cnnn12. The molecule has 0 N–H and O–H groups in total. The number of carbonyl (C=O) groups excluding carboxylic acids is 1. The Hall–Kier alpha value is -2.28. The molecule has 1 aromatic carbocycles. The van der Waals surface area contributed by atoms with E-state index in [9.17, 15) is 9.18 Å². The van der Waals surface area contributed by atoms with Crippen molar-refractivity contribution in [2.24, 2.45) is 0 Å². The summed E-state index contributed by atoms with van der Waals surface area (Å²) in [4.78, 5) is 14.1. The van der Waals surface area contributed by atoms with Crippen molar-refractivity contribution in [3.8, 4) is 0 Å². The maximum Gasteiger partial charge on any atom is 0.256 e. The Morgan fingerprint density at radius 1 is 1.33 bits per heavy atom. The molecule has 1 saturated heterocycles. The van der Waals surface area contributed by atoms with Gasteiger partial charge in [-0.2, -0.15) is 0 Å². The second-order valence-electron chi connectivity index (χ2n) is 5.28. The van der Waals surface area contributed by atoms with Gasteiger partial charge in [0.1, 0.15) is 5.82 Å². The predicted octanol–water partition coefficient (Wildman–Crippen LogP) is 1.01. The van der Waals surface area contributed by atoms with Crippen LogP contribution >= 0.6 is 0 Å². The van der Waals surface area contributed by atoms with Gasteiger partial charge < -0.3 is 9.64 Å². The molecule has 2 atom stereocenters. The summed E-state index contributed by atoms with van der Waals surface area (Å²) in [6, 6.07) is 5.97. The van der Waals surface area contributed by atoms with Gasteiger partial charge in [0.05, 0.1) is 36.2 Å². The Bertz CT molecular complexity index is 702. The first-order chi connectivity index (χ1) is 10.2. The number of benzene rings is 1. The molecule has 0 bridgehead atoms. The van der Waals surface area contributed by atoms with Gasteiger partial charge in [0.15, 0.2) is 0 Å². The maximum atomic E-state index is 13.7. The Morgan fingerprint density at radius 3 is 3.05 bits per heavy atom. The molecule has 21 heavy (non-hydrogen) atoms. The second kappa shape index (κ2) is 4.63. The minimum atomic E-state index is -0.500. The van der Waals surface area contributed by atoms with Crippen LogP contribution in [0, 0.1) is 5.82 Å². The van der Waals surface area contributed by atoms with Crippen LogP contribution < -0.4 is 0 Å².